The summed E-state index contributed by atoms with van der Waals surface area (Å²) in [5, 5.41) is 4.74. The van der Waals surface area contributed by atoms with Gasteiger partial charge >= 0.3 is 0 Å². The molecule has 0 aliphatic heterocycles. The van der Waals surface area contributed by atoms with E-state index < -0.39 is 0 Å². The van der Waals surface area contributed by atoms with E-state index in [4.69, 9.17) is 5.73 Å². The molecule has 1 aliphatic carbocycles. The predicted molar refractivity (Wildman–Crippen MR) is 104 cm³/mol. The highest BCUT2D eigenvalue weighted by Gasteiger charge is 2.31. The van der Waals surface area contributed by atoms with E-state index in [1.807, 2.05) is 12.3 Å². The predicted octanol–water partition coefficient (Wildman–Crippen LogP) is 1.55. The molecule has 2 heterocycles. The fourth-order valence-corrected chi connectivity index (χ4v) is 3.62. The molecule has 2 aromatic heterocycles. The fourth-order valence-electron chi connectivity index (χ4n) is 3.62. The summed E-state index contributed by atoms with van der Waals surface area (Å²) in [7, 11) is 0. The van der Waals surface area contributed by atoms with Crippen LogP contribution >= 0.6 is 0 Å². The highest BCUT2D eigenvalue weighted by Crippen LogP contribution is 2.26. The van der Waals surface area contributed by atoms with Gasteiger partial charge < -0.3 is 16.0 Å². The van der Waals surface area contributed by atoms with Gasteiger partial charge in [0.25, 0.3) is 5.91 Å². The lowest BCUT2D eigenvalue weighted by Crippen LogP contribution is -2.60. The van der Waals surface area contributed by atoms with Gasteiger partial charge in [-0.15, -0.1) is 0 Å². The smallest absolute Gasteiger partial charge is 0.268 e. The quantitative estimate of drug-likeness (QED) is 0.438. The van der Waals surface area contributed by atoms with E-state index >= 15 is 0 Å². The molecule has 0 saturated heterocycles. The lowest BCUT2D eigenvalue weighted by Gasteiger charge is -2.37. The standard InChI is InChI=1S/C19H23N7O/c20-18-16(24-15-4-1-3-14-13(15)7-8-23-14)5-2-6-17(18)25-26-19(27)12-9-21-11-22-10-12/h1,3-4,7-11,16-18,23-25H,2,5-6,20H2,(H,26,27). The minimum atomic E-state index is -0.269. The van der Waals surface area contributed by atoms with Crippen LogP contribution in [0.15, 0.2) is 49.2 Å². The van der Waals surface area contributed by atoms with Crippen LogP contribution in [0.2, 0.25) is 0 Å². The van der Waals surface area contributed by atoms with Gasteiger partial charge in [-0.1, -0.05) is 6.07 Å². The average molecular weight is 365 g/mol. The maximum atomic E-state index is 12.2. The number of anilines is 1. The highest BCUT2D eigenvalue weighted by atomic mass is 16.2. The number of aromatic nitrogens is 3. The molecule has 1 fully saturated rings. The summed E-state index contributed by atoms with van der Waals surface area (Å²) in [6.07, 6.45) is 9.20. The van der Waals surface area contributed by atoms with E-state index in [-0.39, 0.29) is 24.0 Å². The summed E-state index contributed by atoms with van der Waals surface area (Å²) in [6.45, 7) is 0. The summed E-state index contributed by atoms with van der Waals surface area (Å²) in [4.78, 5) is 23.1. The molecule has 27 heavy (non-hydrogen) atoms. The van der Waals surface area contributed by atoms with Gasteiger partial charge in [0.05, 0.1) is 5.56 Å². The van der Waals surface area contributed by atoms with Gasteiger partial charge in [0.15, 0.2) is 0 Å². The third-order valence-electron chi connectivity index (χ3n) is 5.09. The first kappa shape index (κ1) is 17.4. The van der Waals surface area contributed by atoms with Crippen molar-refractivity contribution in [2.24, 2.45) is 5.73 Å². The third kappa shape index (κ3) is 3.76. The van der Waals surface area contributed by atoms with Crippen molar-refractivity contribution in [1.29, 1.82) is 0 Å². The number of benzene rings is 1. The van der Waals surface area contributed by atoms with Crippen molar-refractivity contribution in [3.05, 3.63) is 54.7 Å². The first-order valence-corrected chi connectivity index (χ1v) is 9.11. The normalized spacial score (nSPS) is 22.5. The lowest BCUT2D eigenvalue weighted by molar-refractivity contribution is 0.0915. The minimum absolute atomic E-state index is 0.0183. The molecule has 1 aromatic carbocycles. The molecule has 0 bridgehead atoms. The number of hydrogen-bond acceptors (Lipinski definition) is 6. The van der Waals surface area contributed by atoms with Gasteiger partial charge in [0.2, 0.25) is 0 Å². The number of fused-ring (bicyclic) bond motifs is 1. The van der Waals surface area contributed by atoms with Gasteiger partial charge in [-0.2, -0.15) is 0 Å². The Balaban J connectivity index is 1.40. The van der Waals surface area contributed by atoms with E-state index in [1.54, 1.807) is 0 Å². The molecule has 8 heteroatoms. The number of nitrogens with zero attached hydrogens (tertiary/aromatic N) is 2. The second-order valence-electron chi connectivity index (χ2n) is 6.84. The molecule has 1 aliphatic rings. The molecular weight excluding hydrogens is 342 g/mol. The van der Waals surface area contributed by atoms with Crippen LogP contribution in [0.4, 0.5) is 5.69 Å². The Morgan fingerprint density at radius 1 is 1.15 bits per heavy atom. The Labute approximate surface area is 156 Å². The maximum absolute atomic E-state index is 12.2. The Morgan fingerprint density at radius 2 is 1.96 bits per heavy atom. The van der Waals surface area contributed by atoms with Crippen LogP contribution in [0.1, 0.15) is 29.6 Å². The number of aromatic amines is 1. The van der Waals surface area contributed by atoms with Crippen LogP contribution in [0.3, 0.4) is 0 Å². The van der Waals surface area contributed by atoms with Crippen molar-refractivity contribution in [3.8, 4) is 0 Å². The number of carbonyl (C=O) groups excluding carboxylic acids is 1. The second-order valence-corrected chi connectivity index (χ2v) is 6.84. The summed E-state index contributed by atoms with van der Waals surface area (Å²) < 4.78 is 0. The van der Waals surface area contributed by atoms with Gasteiger partial charge in [-0.05, 0) is 37.5 Å². The van der Waals surface area contributed by atoms with Crippen LogP contribution in [0.25, 0.3) is 10.9 Å². The van der Waals surface area contributed by atoms with Gasteiger partial charge in [-0.3, -0.25) is 10.2 Å². The largest absolute Gasteiger partial charge is 0.380 e. The molecule has 0 radical (unpaired) electrons. The number of nitrogens with one attached hydrogen (secondary N) is 4. The van der Waals surface area contributed by atoms with Gasteiger partial charge in [-0.25, -0.2) is 15.4 Å². The zero-order valence-corrected chi connectivity index (χ0v) is 14.9. The third-order valence-corrected chi connectivity index (χ3v) is 5.09. The molecule has 140 valence electrons. The first-order valence-electron chi connectivity index (χ1n) is 9.11. The van der Waals surface area contributed by atoms with Crippen LogP contribution in [0.5, 0.6) is 0 Å². The monoisotopic (exact) mass is 365 g/mol. The topological polar surface area (TPSA) is 121 Å². The Hall–Kier alpha value is -2.97. The number of H-pyrrole nitrogens is 1. The van der Waals surface area contributed by atoms with Gasteiger partial charge in [0.1, 0.15) is 6.33 Å². The Bertz CT molecular complexity index is 911. The number of amides is 1. The number of hydrogen-bond donors (Lipinski definition) is 5. The molecule has 3 aromatic rings. The number of carbonyl (C=O) groups is 1. The Kier molecular flexibility index (Phi) is 4.99. The molecule has 1 saturated carbocycles. The highest BCUT2D eigenvalue weighted by molar-refractivity contribution is 5.93. The lowest BCUT2D eigenvalue weighted by atomic mass is 9.86. The zero-order valence-electron chi connectivity index (χ0n) is 14.9. The van der Waals surface area contributed by atoms with E-state index in [1.165, 1.54) is 18.7 Å². The van der Waals surface area contributed by atoms with Crippen LogP contribution in [0, 0.1) is 0 Å². The summed E-state index contributed by atoms with van der Waals surface area (Å²) in [6, 6.07) is 8.16. The minimum Gasteiger partial charge on any atom is -0.380 e. The molecular formula is C19H23N7O. The summed E-state index contributed by atoms with van der Waals surface area (Å²) >= 11 is 0. The fraction of sp³-hybridized carbons (Fsp3) is 0.316. The average Bonchev–Trinajstić information content (AvgIpc) is 3.19. The molecule has 0 spiro atoms. The second kappa shape index (κ2) is 7.73. The molecule has 8 nitrogen and oxygen atoms in total. The van der Waals surface area contributed by atoms with Crippen molar-refractivity contribution in [2.45, 2.75) is 37.4 Å². The van der Waals surface area contributed by atoms with E-state index in [0.29, 0.717) is 5.56 Å². The molecule has 3 atom stereocenters. The van der Waals surface area contributed by atoms with Crippen molar-refractivity contribution >= 4 is 22.5 Å². The molecule has 1 amide bonds. The first-order chi connectivity index (χ1) is 13.2. The van der Waals surface area contributed by atoms with E-state index in [0.717, 1.165) is 35.9 Å². The van der Waals surface area contributed by atoms with Crippen LogP contribution < -0.4 is 21.9 Å². The van der Waals surface area contributed by atoms with Gasteiger partial charge in [0, 0.05) is 53.3 Å². The molecule has 6 N–H and O–H groups in total. The zero-order chi connectivity index (χ0) is 18.6. The number of rotatable bonds is 5. The number of nitrogens with two attached hydrogens (primary N) is 1. The van der Waals surface area contributed by atoms with E-state index in [9.17, 15) is 4.79 Å². The SMILES string of the molecule is NC1C(NNC(=O)c2cncnc2)CCCC1Nc1cccc2[nH]ccc12. The molecule has 3 unspecified atom stereocenters. The number of hydrazine groups is 1. The summed E-state index contributed by atoms with van der Waals surface area (Å²) in [5.41, 5.74) is 14.9. The Morgan fingerprint density at radius 3 is 2.81 bits per heavy atom. The molecule has 4 rings (SSSR count). The van der Waals surface area contributed by atoms with Crippen molar-refractivity contribution in [2.75, 3.05) is 5.32 Å². The van der Waals surface area contributed by atoms with E-state index in [2.05, 4.69) is 49.3 Å². The van der Waals surface area contributed by atoms with Crippen LogP contribution in [-0.2, 0) is 0 Å². The van der Waals surface area contributed by atoms with Crippen molar-refractivity contribution in [3.63, 3.8) is 0 Å². The summed E-state index contributed by atoms with van der Waals surface area (Å²) in [5.74, 6) is -0.269. The maximum Gasteiger partial charge on any atom is 0.268 e. The van der Waals surface area contributed by atoms with Crippen molar-refractivity contribution < 1.29 is 4.79 Å². The van der Waals surface area contributed by atoms with Crippen LogP contribution in [-0.4, -0.2) is 39.0 Å². The van der Waals surface area contributed by atoms with Crippen molar-refractivity contribution in [1.82, 2.24) is 25.8 Å².